The molecule has 3 aromatic heterocycles. The summed E-state index contributed by atoms with van der Waals surface area (Å²) < 4.78 is 15.4. The smallest absolute Gasteiger partial charge is 0.334 e. The molecular weight excluding hydrogens is 676 g/mol. The number of hydrogen-bond donors (Lipinski definition) is 3. The molecule has 8 bridgehead atoms. The van der Waals surface area contributed by atoms with Gasteiger partial charge in [-0.05, 0) is 98.2 Å². The van der Waals surface area contributed by atoms with Gasteiger partial charge < -0.3 is 29.3 Å². The Morgan fingerprint density at radius 3 is 2.19 bits per heavy atom. The molecule has 0 unspecified atom stereocenters. The Hall–Kier alpha value is -6.04. The van der Waals surface area contributed by atoms with Gasteiger partial charge >= 0.3 is 23.9 Å². The monoisotopic (exact) mass is 718 g/mol. The van der Waals surface area contributed by atoms with Crippen LogP contribution in [0.1, 0.15) is 78.1 Å². The minimum atomic E-state index is -1.18. The summed E-state index contributed by atoms with van der Waals surface area (Å²) in [5.74, 6) is -3.68. The van der Waals surface area contributed by atoms with Crippen LogP contribution in [0.2, 0.25) is 0 Å². The molecule has 53 heavy (non-hydrogen) atoms. The zero-order valence-corrected chi connectivity index (χ0v) is 30.9. The Balaban J connectivity index is 1.77. The highest BCUT2D eigenvalue weighted by Crippen LogP contribution is 2.52. The molecule has 0 radical (unpaired) electrons. The molecule has 274 valence electrons. The largest absolute Gasteiger partial charge is 0.481 e. The van der Waals surface area contributed by atoms with Crippen LogP contribution in [0.3, 0.4) is 0 Å². The Labute approximate surface area is 306 Å². The van der Waals surface area contributed by atoms with E-state index >= 15 is 0 Å². The molecule has 3 aliphatic rings. The molecule has 6 rings (SSSR count). The quantitative estimate of drug-likeness (QED) is 0.159. The maximum atomic E-state index is 13.7. The van der Waals surface area contributed by atoms with Crippen LogP contribution < -0.4 is 0 Å². The molecule has 0 saturated heterocycles. The normalized spacial score (nSPS) is 17.8. The second kappa shape index (κ2) is 14.2. The summed E-state index contributed by atoms with van der Waals surface area (Å²) in [6, 6.07) is 7.59. The Bertz CT molecular complexity index is 2370. The summed E-state index contributed by atoms with van der Waals surface area (Å²) in [7, 11) is 3.88. The van der Waals surface area contributed by atoms with Gasteiger partial charge in [0.05, 0.1) is 55.1 Å². The number of methoxy groups -OCH3 is 3. The number of H-pyrrole nitrogens is 2. The van der Waals surface area contributed by atoms with Crippen molar-refractivity contribution in [2.75, 3.05) is 21.3 Å². The third-order valence-corrected chi connectivity index (χ3v) is 10.7. The number of hydrogen-bond acceptors (Lipinski definition) is 9. The molecule has 3 aromatic rings. The lowest BCUT2D eigenvalue weighted by molar-refractivity contribution is -0.149. The predicted octanol–water partition coefficient (Wildman–Crippen LogP) is 6.72. The molecule has 0 amide bonds. The van der Waals surface area contributed by atoms with Gasteiger partial charge in [0, 0.05) is 40.5 Å². The molecule has 1 aliphatic carbocycles. The molecule has 2 aliphatic heterocycles. The number of carboxylic acids is 1. The van der Waals surface area contributed by atoms with E-state index < -0.39 is 29.2 Å². The van der Waals surface area contributed by atoms with E-state index in [2.05, 4.69) is 16.5 Å². The number of carbonyl (C=O) groups is 4. The molecule has 2 atom stereocenters. The van der Waals surface area contributed by atoms with Crippen LogP contribution in [0, 0.1) is 19.8 Å². The van der Waals surface area contributed by atoms with Crippen molar-refractivity contribution in [3.63, 3.8) is 0 Å². The first-order chi connectivity index (χ1) is 25.3. The number of nitrogens with zero attached hydrogens (tertiary/aromatic N) is 2. The van der Waals surface area contributed by atoms with Crippen LogP contribution in [0.4, 0.5) is 0 Å². The van der Waals surface area contributed by atoms with Crippen LogP contribution in [-0.2, 0) is 45.2 Å². The lowest BCUT2D eigenvalue weighted by Crippen LogP contribution is -2.42. The molecule has 0 aromatic carbocycles. The van der Waals surface area contributed by atoms with E-state index in [9.17, 15) is 24.3 Å². The van der Waals surface area contributed by atoms with E-state index in [0.29, 0.717) is 40.3 Å². The van der Waals surface area contributed by atoms with Crippen LogP contribution in [0.25, 0.3) is 44.9 Å². The van der Waals surface area contributed by atoms with Gasteiger partial charge in [0.15, 0.2) is 0 Å². The zero-order valence-electron chi connectivity index (χ0n) is 30.9. The molecule has 12 heteroatoms. The molecule has 3 N–H and O–H groups in total. The van der Waals surface area contributed by atoms with Crippen molar-refractivity contribution in [1.82, 2.24) is 19.9 Å². The van der Waals surface area contributed by atoms with E-state index in [0.717, 1.165) is 50.0 Å². The van der Waals surface area contributed by atoms with Crippen molar-refractivity contribution in [2.45, 2.75) is 58.8 Å². The summed E-state index contributed by atoms with van der Waals surface area (Å²) in [6.45, 7) is 11.8. The van der Waals surface area contributed by atoms with Crippen molar-refractivity contribution in [3.05, 3.63) is 93.6 Å². The highest BCUT2D eigenvalue weighted by atomic mass is 16.5. The second-order valence-corrected chi connectivity index (χ2v) is 13.5. The van der Waals surface area contributed by atoms with Crippen LogP contribution >= 0.6 is 0 Å². The maximum absolute atomic E-state index is 13.7. The van der Waals surface area contributed by atoms with Crippen molar-refractivity contribution < 1.29 is 38.5 Å². The molecule has 5 heterocycles. The highest BCUT2D eigenvalue weighted by molar-refractivity contribution is 6.02. The molecule has 12 nitrogen and oxygen atoms in total. The highest BCUT2D eigenvalue weighted by Gasteiger charge is 2.53. The molecule has 0 fully saturated rings. The number of aromatic amines is 2. The van der Waals surface area contributed by atoms with Gasteiger partial charge in [-0.1, -0.05) is 24.8 Å². The predicted molar refractivity (Wildman–Crippen MR) is 201 cm³/mol. The van der Waals surface area contributed by atoms with Gasteiger partial charge in [-0.15, -0.1) is 0 Å². The summed E-state index contributed by atoms with van der Waals surface area (Å²) in [6.07, 6.45) is 5.79. The van der Waals surface area contributed by atoms with E-state index in [-0.39, 0.29) is 30.8 Å². The zero-order chi connectivity index (χ0) is 38.4. The van der Waals surface area contributed by atoms with Crippen molar-refractivity contribution in [1.29, 1.82) is 0 Å². The number of carboxylic acid groups (broad SMARTS) is 1. The number of aromatic nitrogens is 4. The number of rotatable bonds is 9. The Morgan fingerprint density at radius 1 is 0.830 bits per heavy atom. The number of esters is 3. The van der Waals surface area contributed by atoms with Gasteiger partial charge in [0.1, 0.15) is 5.92 Å². The minimum absolute atomic E-state index is 0.0739. The number of fused-ring (bicyclic) bond motifs is 11. The number of aryl methyl sites for hydroxylation is 3. The molecule has 0 saturated carbocycles. The third kappa shape index (κ3) is 6.28. The molecule has 0 spiro atoms. The third-order valence-electron chi connectivity index (χ3n) is 10.7. The van der Waals surface area contributed by atoms with Crippen LogP contribution in [0.5, 0.6) is 0 Å². The first-order valence-electron chi connectivity index (χ1n) is 17.2. The fourth-order valence-electron chi connectivity index (χ4n) is 7.68. The van der Waals surface area contributed by atoms with Gasteiger partial charge in [0.25, 0.3) is 0 Å². The lowest BCUT2D eigenvalue weighted by atomic mass is 9.64. The average Bonchev–Trinajstić information content (AvgIpc) is 3.79. The topological polar surface area (TPSA) is 174 Å². The maximum Gasteiger partial charge on any atom is 0.334 e. The number of carbonyl (C=O) groups excluding carboxylic acids is 3. The summed E-state index contributed by atoms with van der Waals surface area (Å²) >= 11 is 0. The van der Waals surface area contributed by atoms with E-state index in [1.54, 1.807) is 18.2 Å². The van der Waals surface area contributed by atoms with Crippen LogP contribution in [0.15, 0.2) is 48.6 Å². The second-order valence-electron chi connectivity index (χ2n) is 13.5. The lowest BCUT2D eigenvalue weighted by Gasteiger charge is -2.36. The summed E-state index contributed by atoms with van der Waals surface area (Å²) in [4.78, 5) is 68.2. The SMILES string of the molecule is C=Cc1c(C)c2cc3nc(cc4nc(cc5[nH]c(cc1[nH]2)c(C)c5CCC(=O)O)C(CCC(=O)OC)=C4C)[C@@]1(C)C3=CC=C(C(=O)OC)[C@H]1C(=O)OC. The minimum Gasteiger partial charge on any atom is -0.481 e. The van der Waals surface area contributed by atoms with Crippen molar-refractivity contribution >= 4 is 68.7 Å². The van der Waals surface area contributed by atoms with Gasteiger partial charge in [0.2, 0.25) is 0 Å². The standard InChI is InChI=1S/C41H42N4O8/c1-9-23-20(2)29-17-34-27-13-10-26(39(49)52-7)38(40(50)53-8)41(27,5)35(45-34)19-30-22(4)25(12-15-37(48)51-6)33(44-30)18-32-24(11-14-36(46)47)21(3)28(43-32)16-31(23)42-29/h9-10,13,16-19,38,42-43H,1,11-12,14-15H2,2-8H3,(H,46,47)/t38-,41+/m0/s1. The fraction of sp³-hybridized carbons (Fsp3) is 0.317. The van der Waals surface area contributed by atoms with Crippen molar-refractivity contribution in [3.8, 4) is 0 Å². The average molecular weight is 719 g/mol. The van der Waals surface area contributed by atoms with E-state index in [1.165, 1.54) is 21.3 Å². The first-order valence-corrected chi connectivity index (χ1v) is 17.2. The summed E-state index contributed by atoms with van der Waals surface area (Å²) in [5.41, 5.74) is 9.92. The first kappa shape index (κ1) is 36.7. The Morgan fingerprint density at radius 2 is 1.53 bits per heavy atom. The van der Waals surface area contributed by atoms with Crippen molar-refractivity contribution in [2.24, 2.45) is 5.92 Å². The summed E-state index contributed by atoms with van der Waals surface area (Å²) in [5, 5.41) is 9.61. The van der Waals surface area contributed by atoms with E-state index in [1.807, 2.05) is 52.0 Å². The van der Waals surface area contributed by atoms with Crippen LogP contribution in [-0.4, -0.2) is 70.2 Å². The number of allylic oxidation sites excluding steroid dienone is 5. The van der Waals surface area contributed by atoms with Gasteiger partial charge in [-0.2, -0.15) is 0 Å². The number of ether oxygens (including phenoxy) is 3. The van der Waals surface area contributed by atoms with E-state index in [4.69, 9.17) is 24.2 Å². The van der Waals surface area contributed by atoms with Gasteiger partial charge in [-0.25, -0.2) is 9.78 Å². The number of aliphatic carboxylic acids is 1. The fourth-order valence-corrected chi connectivity index (χ4v) is 7.68. The molecular formula is C41H42N4O8. The van der Waals surface area contributed by atoms with Gasteiger partial charge in [-0.3, -0.25) is 19.4 Å². The Kier molecular flexibility index (Phi) is 9.83. The number of nitrogens with one attached hydrogen (secondary N) is 2.